The minimum absolute atomic E-state index is 0.105. The minimum Gasteiger partial charge on any atom is -0.506 e. The first kappa shape index (κ1) is 23.0. The molecule has 6 nitrogen and oxygen atoms in total. The van der Waals surface area contributed by atoms with Gasteiger partial charge in [0.25, 0.3) is 11.5 Å². The summed E-state index contributed by atoms with van der Waals surface area (Å²) < 4.78 is 1.72. The molecule has 6 heteroatoms. The van der Waals surface area contributed by atoms with Gasteiger partial charge >= 0.3 is 0 Å². The van der Waals surface area contributed by atoms with E-state index in [1.807, 2.05) is 18.2 Å². The molecule has 1 amide bonds. The van der Waals surface area contributed by atoms with Gasteiger partial charge in [-0.3, -0.25) is 14.5 Å². The van der Waals surface area contributed by atoms with Gasteiger partial charge in [0.05, 0.1) is 11.7 Å². The molecular weight excluding hydrogens is 462 g/mol. The van der Waals surface area contributed by atoms with Gasteiger partial charge in [-0.1, -0.05) is 49.4 Å². The number of aromatic hydroxyl groups is 1. The number of piperidine rings is 2. The highest BCUT2D eigenvalue weighted by atomic mass is 16.3. The normalized spacial score (nSPS) is 29.5. The number of fused-ring (bicyclic) bond motifs is 1. The highest BCUT2D eigenvalue weighted by Gasteiger charge is 2.56. The number of hydrogen-bond donors (Lipinski definition) is 2. The predicted molar refractivity (Wildman–Crippen MR) is 144 cm³/mol. The number of benzene rings is 2. The third kappa shape index (κ3) is 3.56. The van der Waals surface area contributed by atoms with Gasteiger partial charge in [0, 0.05) is 23.5 Å². The molecule has 2 aliphatic heterocycles. The van der Waals surface area contributed by atoms with Crippen LogP contribution in [-0.2, 0) is 5.41 Å². The van der Waals surface area contributed by atoms with E-state index in [0.29, 0.717) is 23.0 Å². The lowest BCUT2D eigenvalue weighted by atomic mass is 9.53. The summed E-state index contributed by atoms with van der Waals surface area (Å²) in [4.78, 5) is 29.8. The zero-order valence-corrected chi connectivity index (χ0v) is 21.4. The molecule has 3 aromatic rings. The first-order valence-corrected chi connectivity index (χ1v) is 14.0. The quantitative estimate of drug-likeness (QED) is 0.497. The van der Waals surface area contributed by atoms with Crippen LogP contribution in [0, 0.1) is 5.92 Å². The smallest absolute Gasteiger partial charge is 0.267 e. The number of pyridine rings is 1. The van der Waals surface area contributed by atoms with Crippen molar-refractivity contribution in [2.75, 3.05) is 0 Å². The number of para-hydroxylation sites is 1. The summed E-state index contributed by atoms with van der Waals surface area (Å²) in [5.41, 5.74) is 1.91. The van der Waals surface area contributed by atoms with Gasteiger partial charge in [0.15, 0.2) is 0 Å². The van der Waals surface area contributed by atoms with E-state index >= 15 is 0 Å². The van der Waals surface area contributed by atoms with Crippen LogP contribution in [0.3, 0.4) is 0 Å². The van der Waals surface area contributed by atoms with Gasteiger partial charge in [0.2, 0.25) is 0 Å². The van der Waals surface area contributed by atoms with Crippen LogP contribution < -0.4 is 10.9 Å². The lowest BCUT2D eigenvalue weighted by Gasteiger charge is -2.63. The second-order valence-electron chi connectivity index (χ2n) is 11.9. The number of aromatic nitrogens is 1. The van der Waals surface area contributed by atoms with Crippen LogP contribution in [0.5, 0.6) is 5.75 Å². The molecule has 4 bridgehead atoms. The zero-order chi connectivity index (χ0) is 25.3. The Kier molecular flexibility index (Phi) is 5.26. The number of rotatable bonds is 6. The molecule has 2 saturated heterocycles. The number of nitrogens with one attached hydrogen (secondary N) is 1. The van der Waals surface area contributed by atoms with Gasteiger partial charge in [0.1, 0.15) is 11.3 Å². The third-order valence-corrected chi connectivity index (χ3v) is 9.64. The van der Waals surface area contributed by atoms with Gasteiger partial charge < -0.3 is 15.0 Å². The molecule has 37 heavy (non-hydrogen) atoms. The van der Waals surface area contributed by atoms with Crippen molar-refractivity contribution in [3.8, 4) is 5.75 Å². The average Bonchev–Trinajstić information content (AvgIpc) is 3.73. The van der Waals surface area contributed by atoms with Crippen LogP contribution in [-0.4, -0.2) is 38.7 Å². The van der Waals surface area contributed by atoms with E-state index in [1.54, 1.807) is 10.6 Å². The fraction of sp³-hybridized carbons (Fsp3) is 0.484. The molecule has 5 fully saturated rings. The van der Waals surface area contributed by atoms with Gasteiger partial charge in [-0.25, -0.2) is 0 Å². The fourth-order valence-corrected chi connectivity index (χ4v) is 8.17. The van der Waals surface area contributed by atoms with Crippen molar-refractivity contribution in [1.82, 2.24) is 14.8 Å². The maximum atomic E-state index is 13.7. The summed E-state index contributed by atoms with van der Waals surface area (Å²) in [6, 6.07) is 19.3. The number of carbonyl (C=O) groups excluding carboxylic acids is 1. The van der Waals surface area contributed by atoms with Crippen molar-refractivity contribution in [3.63, 3.8) is 0 Å². The molecule has 5 aliphatic rings. The van der Waals surface area contributed by atoms with Crippen LogP contribution in [0.15, 0.2) is 59.4 Å². The van der Waals surface area contributed by atoms with Crippen LogP contribution in [0.2, 0.25) is 0 Å². The van der Waals surface area contributed by atoms with Gasteiger partial charge in [-0.2, -0.15) is 0 Å². The van der Waals surface area contributed by atoms with Crippen LogP contribution in [0.4, 0.5) is 0 Å². The maximum absolute atomic E-state index is 13.7. The Hall–Kier alpha value is -3.12. The maximum Gasteiger partial charge on any atom is 0.267 e. The molecule has 2 aromatic carbocycles. The van der Waals surface area contributed by atoms with E-state index < -0.39 is 5.91 Å². The van der Waals surface area contributed by atoms with Crippen molar-refractivity contribution in [1.29, 1.82) is 0 Å². The minimum atomic E-state index is -0.457. The monoisotopic (exact) mass is 497 g/mol. The number of amides is 1. The van der Waals surface area contributed by atoms with E-state index in [2.05, 4.69) is 47.5 Å². The summed E-state index contributed by atoms with van der Waals surface area (Å²) >= 11 is 0. The van der Waals surface area contributed by atoms with Crippen molar-refractivity contribution in [3.05, 3.63) is 76.1 Å². The predicted octanol–water partition coefficient (Wildman–Crippen LogP) is 5.09. The highest BCUT2D eigenvalue weighted by Crippen LogP contribution is 2.57. The van der Waals surface area contributed by atoms with E-state index in [9.17, 15) is 14.7 Å². The molecule has 0 radical (unpaired) electrons. The van der Waals surface area contributed by atoms with E-state index in [-0.39, 0.29) is 34.5 Å². The molecule has 8 rings (SSSR count). The summed E-state index contributed by atoms with van der Waals surface area (Å²) in [7, 11) is 0. The molecule has 3 unspecified atom stereocenters. The molecule has 0 spiro atoms. The van der Waals surface area contributed by atoms with E-state index in [4.69, 9.17) is 0 Å². The van der Waals surface area contributed by atoms with Gasteiger partial charge in [-0.15, -0.1) is 0 Å². The molecule has 3 aliphatic carbocycles. The third-order valence-electron chi connectivity index (χ3n) is 9.64. The lowest BCUT2D eigenvalue weighted by Crippen LogP contribution is -2.68. The molecule has 3 heterocycles. The first-order valence-electron chi connectivity index (χ1n) is 14.0. The van der Waals surface area contributed by atoms with Gasteiger partial charge in [-0.05, 0) is 80.4 Å². The molecule has 1 aromatic heterocycles. The Morgan fingerprint density at radius 2 is 1.68 bits per heavy atom. The van der Waals surface area contributed by atoms with Crippen molar-refractivity contribution in [2.45, 2.75) is 88.0 Å². The Morgan fingerprint density at radius 1 is 1.00 bits per heavy atom. The molecule has 3 atom stereocenters. The van der Waals surface area contributed by atoms with Crippen molar-refractivity contribution >= 4 is 16.8 Å². The van der Waals surface area contributed by atoms with Crippen LogP contribution in [0.1, 0.15) is 80.3 Å². The van der Waals surface area contributed by atoms with Crippen LogP contribution in [0.25, 0.3) is 10.9 Å². The molecule has 3 saturated carbocycles. The molecule has 192 valence electrons. The highest BCUT2D eigenvalue weighted by molar-refractivity contribution is 6.02. The summed E-state index contributed by atoms with van der Waals surface area (Å²) in [5.74, 6) is 0.0755. The Morgan fingerprint density at radius 3 is 2.35 bits per heavy atom. The largest absolute Gasteiger partial charge is 0.506 e. The Labute approximate surface area is 217 Å². The number of carbonyl (C=O) groups is 1. The Bertz CT molecular complexity index is 1410. The summed E-state index contributed by atoms with van der Waals surface area (Å²) in [6.45, 7) is 2.10. The molecular formula is C31H35N3O3. The zero-order valence-electron chi connectivity index (χ0n) is 21.4. The van der Waals surface area contributed by atoms with Crippen LogP contribution >= 0.6 is 0 Å². The molecule has 2 N–H and O–H groups in total. The first-order chi connectivity index (χ1) is 18.0. The van der Waals surface area contributed by atoms with Crippen molar-refractivity contribution < 1.29 is 9.90 Å². The second kappa shape index (κ2) is 8.45. The average molecular weight is 498 g/mol. The summed E-state index contributed by atoms with van der Waals surface area (Å²) in [5, 5.41) is 14.9. The standard InChI is InChI=1S/C31H35N3O3/c1-2-26(33-22-14-19-15-23(33)18-31(16-19,17-22)20-8-4-3-5-9-20)32-29(36)27-28(35)24-10-6-7-11-25(24)34(30(27)37)21-12-13-21/h3-11,19,21-23,26,35H,2,12-18H2,1H3,(H,32,36). The second-order valence-corrected chi connectivity index (χ2v) is 11.9. The van der Waals surface area contributed by atoms with Crippen molar-refractivity contribution in [2.24, 2.45) is 5.92 Å². The summed E-state index contributed by atoms with van der Waals surface area (Å²) in [6.07, 6.45) is 8.30. The topological polar surface area (TPSA) is 74.6 Å². The fourth-order valence-electron chi connectivity index (χ4n) is 8.17. The number of nitrogens with zero attached hydrogens (tertiary/aromatic N) is 2. The van der Waals surface area contributed by atoms with E-state index in [0.717, 1.165) is 38.0 Å². The Balaban J connectivity index is 1.20. The lowest BCUT2D eigenvalue weighted by molar-refractivity contribution is -0.101. The number of hydrogen-bond acceptors (Lipinski definition) is 4. The SMILES string of the molecule is CCC(NC(=O)c1c(O)c2ccccc2n(C2CC2)c1=O)N1C2CC3CC1CC(c1ccccc1)(C3)C2. The van der Waals surface area contributed by atoms with E-state index in [1.165, 1.54) is 24.8 Å².